The molecular weight excluding hydrogens is 394 g/mol. The number of hydrogen-bond donors (Lipinski definition) is 0. The summed E-state index contributed by atoms with van der Waals surface area (Å²) in [4.78, 5) is 0.501. The fraction of sp³-hybridized carbons (Fsp3) is 0.429. The normalized spacial score (nSPS) is 13.6. The molecule has 0 amide bonds. The van der Waals surface area contributed by atoms with Gasteiger partial charge in [0.1, 0.15) is 0 Å². The van der Waals surface area contributed by atoms with Gasteiger partial charge in [-0.1, -0.05) is 19.9 Å². The monoisotopic (exact) mass is 408 g/mol. The van der Waals surface area contributed by atoms with Gasteiger partial charge in [0.15, 0.2) is 19.7 Å². The maximum absolute atomic E-state index is 13.0. The first kappa shape index (κ1) is 21.7. The van der Waals surface area contributed by atoms with Crippen LogP contribution in [0.15, 0.2) is 24.3 Å². The van der Waals surface area contributed by atoms with Gasteiger partial charge in [-0.3, -0.25) is 0 Å². The van der Waals surface area contributed by atoms with Crippen molar-refractivity contribution in [3.05, 3.63) is 34.7 Å². The van der Waals surface area contributed by atoms with Crippen LogP contribution in [0, 0.1) is 0 Å². The van der Waals surface area contributed by atoms with Crippen LogP contribution in [0.3, 0.4) is 0 Å². The maximum atomic E-state index is 13.0. The summed E-state index contributed by atoms with van der Waals surface area (Å²) in [5.74, 6) is 0. The van der Waals surface area contributed by atoms with Crippen LogP contribution in [0.5, 0.6) is 0 Å². The second-order valence-corrected chi connectivity index (χ2v) is 8.25. The average molecular weight is 408 g/mol. The molecule has 3 nitrogen and oxygen atoms in total. The van der Waals surface area contributed by atoms with E-state index in [1.165, 1.54) is 0 Å². The van der Waals surface area contributed by atoms with Crippen molar-refractivity contribution in [1.29, 1.82) is 0 Å². The van der Waals surface area contributed by atoms with E-state index in [2.05, 4.69) is 0 Å². The highest BCUT2D eigenvalue weighted by Crippen LogP contribution is 2.51. The molecule has 1 unspecified atom stereocenters. The van der Waals surface area contributed by atoms with Gasteiger partial charge in [0.25, 0.3) is 0 Å². The first-order valence-electron chi connectivity index (χ1n) is 6.89. The molecule has 1 aromatic carbocycles. The highest BCUT2D eigenvalue weighted by atomic mass is 32.2. The van der Waals surface area contributed by atoms with Gasteiger partial charge in [-0.2, -0.15) is 13.2 Å². The molecule has 142 valence electrons. The molecule has 0 aliphatic heterocycles. The number of hydrogen-bond acceptors (Lipinski definition) is 3. The van der Waals surface area contributed by atoms with Gasteiger partial charge in [-0.15, -0.1) is 13.2 Å². The molecule has 2 aromatic rings. The summed E-state index contributed by atoms with van der Waals surface area (Å²) in [6, 6.07) is 7.04. The Balaban J connectivity index is 0.000000333. The number of aryl methyl sites for hydroxylation is 2. The van der Waals surface area contributed by atoms with Crippen LogP contribution in [-0.4, -0.2) is 18.5 Å². The zero-order chi connectivity index (χ0) is 19.6. The van der Waals surface area contributed by atoms with E-state index in [1.807, 2.05) is 13.0 Å². The van der Waals surface area contributed by atoms with Gasteiger partial charge in [-0.05, 0) is 24.1 Å². The minimum Gasteiger partial charge on any atom is -0.741 e. The van der Waals surface area contributed by atoms with Gasteiger partial charge in [-0.25, -0.2) is 8.42 Å². The van der Waals surface area contributed by atoms with Gasteiger partial charge in [0.2, 0.25) is 0 Å². The summed E-state index contributed by atoms with van der Waals surface area (Å²) in [6.07, 6.45) is 1.31. The van der Waals surface area contributed by atoms with Crippen LogP contribution in [0.1, 0.15) is 24.3 Å². The molecule has 11 heteroatoms. The predicted molar refractivity (Wildman–Crippen MR) is 82.2 cm³/mol. The summed E-state index contributed by atoms with van der Waals surface area (Å²) < 4.78 is 98.4. The number of fused-ring (bicyclic) bond motifs is 1. The van der Waals surface area contributed by atoms with Crippen LogP contribution < -0.4 is 0 Å². The number of thiophene rings is 1. The fourth-order valence-electron chi connectivity index (χ4n) is 2.01. The number of alkyl halides is 6. The molecule has 0 bridgehead atoms. The van der Waals surface area contributed by atoms with Gasteiger partial charge in [0.05, 0.1) is 10.5 Å². The molecule has 0 aliphatic rings. The van der Waals surface area contributed by atoms with Crippen molar-refractivity contribution in [2.75, 3.05) is 0 Å². The Kier molecular flexibility index (Phi) is 6.52. The van der Waals surface area contributed by atoms with Crippen LogP contribution in [0.2, 0.25) is 0 Å². The first-order valence-corrected chi connectivity index (χ1v) is 9.52. The molecule has 1 aromatic heterocycles. The quantitative estimate of drug-likeness (QED) is 0.296. The van der Waals surface area contributed by atoms with E-state index < -0.39 is 31.6 Å². The molecule has 0 N–H and O–H groups in total. The Bertz CT molecular complexity index is 835. The summed E-state index contributed by atoms with van der Waals surface area (Å²) in [5, 5.41) is 0.752. The number of halogens is 6. The van der Waals surface area contributed by atoms with E-state index in [-0.39, 0.29) is 0 Å². The molecule has 0 saturated heterocycles. The van der Waals surface area contributed by atoms with Crippen LogP contribution in [0.25, 0.3) is 10.1 Å². The Labute approximate surface area is 143 Å². The number of rotatable bonds is 2. The summed E-state index contributed by atoms with van der Waals surface area (Å²) in [5.41, 5.74) is -8.71. The van der Waals surface area contributed by atoms with E-state index in [1.54, 1.807) is 25.1 Å². The molecule has 0 spiro atoms. The van der Waals surface area contributed by atoms with Gasteiger partial charge < -0.3 is 4.55 Å². The lowest BCUT2D eigenvalue weighted by molar-refractivity contribution is -0.0867. The lowest BCUT2D eigenvalue weighted by atomic mass is 10.1. The van der Waals surface area contributed by atoms with Crippen molar-refractivity contribution in [2.24, 2.45) is 0 Å². The van der Waals surface area contributed by atoms with E-state index in [0.717, 1.165) is 17.4 Å². The molecule has 0 radical (unpaired) electrons. The van der Waals surface area contributed by atoms with Crippen molar-refractivity contribution in [3.8, 4) is 0 Å². The summed E-state index contributed by atoms with van der Waals surface area (Å²) in [6.45, 7) is 3.79. The number of benzene rings is 1. The maximum Gasteiger partial charge on any atom is 0.600 e. The summed E-state index contributed by atoms with van der Waals surface area (Å²) >= 11 is 0. The molecule has 25 heavy (non-hydrogen) atoms. The standard InChI is InChI=1S/C13H14F3S.CHF3O3S/c1-3-9-5-6-12-10(7-9)8-11(4-2)17(12)13(14,15)16;2-1(3,4)8(5,6)7/h5-8H,3-4H2,1-2H3;(H,5,6,7)/q+1;/p-1. The van der Waals surface area contributed by atoms with Crippen molar-refractivity contribution in [2.45, 2.75) is 37.7 Å². The first-order chi connectivity index (χ1) is 11.2. The highest BCUT2D eigenvalue weighted by Gasteiger charge is 2.47. The minimum absolute atomic E-state index is 0.437. The lowest BCUT2D eigenvalue weighted by Gasteiger charge is -2.08. The van der Waals surface area contributed by atoms with E-state index in [4.69, 9.17) is 13.0 Å². The summed E-state index contributed by atoms with van der Waals surface area (Å²) in [7, 11) is -7.80. The van der Waals surface area contributed by atoms with Crippen LogP contribution >= 0.6 is 10.5 Å². The molecular formula is C14H14F6O3S2. The zero-order valence-electron chi connectivity index (χ0n) is 13.0. The third-order valence-electron chi connectivity index (χ3n) is 3.14. The smallest absolute Gasteiger partial charge is 0.600 e. The van der Waals surface area contributed by atoms with Crippen molar-refractivity contribution < 1.29 is 39.3 Å². The highest BCUT2D eigenvalue weighted by molar-refractivity contribution is 7.86. The lowest BCUT2D eigenvalue weighted by Crippen LogP contribution is -2.21. The van der Waals surface area contributed by atoms with E-state index >= 15 is 0 Å². The third kappa shape index (κ3) is 5.32. The zero-order valence-corrected chi connectivity index (χ0v) is 14.7. The molecule has 0 saturated carbocycles. The Morgan fingerprint density at radius 3 is 1.88 bits per heavy atom. The fourth-order valence-corrected chi connectivity index (χ4v) is 3.93. The Hall–Kier alpha value is -1.33. The van der Waals surface area contributed by atoms with Gasteiger partial charge in [0, 0.05) is 17.9 Å². The van der Waals surface area contributed by atoms with E-state index in [0.29, 0.717) is 16.0 Å². The predicted octanol–water partition coefficient (Wildman–Crippen LogP) is 5.24. The molecule has 0 fully saturated rings. The largest absolute Gasteiger partial charge is 0.741 e. The molecule has 2 rings (SSSR count). The second kappa shape index (κ2) is 7.50. The minimum atomic E-state index is -6.09. The molecule has 1 atom stereocenters. The van der Waals surface area contributed by atoms with Crippen molar-refractivity contribution in [3.63, 3.8) is 0 Å². The van der Waals surface area contributed by atoms with Gasteiger partial charge >= 0.3 is 11.0 Å². The third-order valence-corrected chi connectivity index (χ3v) is 5.92. The Morgan fingerprint density at radius 1 is 1.00 bits per heavy atom. The molecule has 0 aliphatic carbocycles. The van der Waals surface area contributed by atoms with Crippen LogP contribution in [0.4, 0.5) is 26.3 Å². The SMILES string of the molecule is CCc1ccc2c(c1)cc(CC)[s+]2C(F)(F)F.O=S(=O)([O-])C(F)(F)F. The van der Waals surface area contributed by atoms with Crippen molar-refractivity contribution >= 4 is 30.7 Å². The molecule has 1 heterocycles. The van der Waals surface area contributed by atoms with Crippen molar-refractivity contribution in [1.82, 2.24) is 0 Å². The van der Waals surface area contributed by atoms with Crippen LogP contribution in [-0.2, 0) is 28.5 Å². The average Bonchev–Trinajstić information content (AvgIpc) is 2.83. The Morgan fingerprint density at radius 2 is 1.52 bits per heavy atom. The van der Waals surface area contributed by atoms with E-state index in [9.17, 15) is 26.3 Å². The topological polar surface area (TPSA) is 57.2 Å². The second-order valence-electron chi connectivity index (χ2n) is 4.84.